The van der Waals surface area contributed by atoms with Gasteiger partial charge in [0.25, 0.3) is 0 Å². The van der Waals surface area contributed by atoms with Crippen LogP contribution < -0.4 is 0 Å². The predicted octanol–water partition coefficient (Wildman–Crippen LogP) is 3.72. The molecule has 3 heteroatoms. The highest BCUT2D eigenvalue weighted by atomic mass is 35.5. The first kappa shape index (κ1) is 12.4. The summed E-state index contributed by atoms with van der Waals surface area (Å²) in [6, 6.07) is 13.7. The first-order chi connectivity index (χ1) is 9.24. The third-order valence-corrected chi connectivity index (χ3v) is 3.84. The molecule has 1 aliphatic rings. The molecular formula is C16H14ClNO. The molecule has 96 valence electrons. The fraction of sp³-hybridized carbons (Fsp3) is 0.250. The van der Waals surface area contributed by atoms with Crippen LogP contribution in [0.3, 0.4) is 0 Å². The fourth-order valence-electron chi connectivity index (χ4n) is 2.64. The number of ketones is 1. The Balaban J connectivity index is 1.84. The van der Waals surface area contributed by atoms with Crippen molar-refractivity contribution in [2.45, 2.75) is 19.3 Å². The van der Waals surface area contributed by atoms with Crippen molar-refractivity contribution in [3.63, 3.8) is 0 Å². The zero-order chi connectivity index (χ0) is 13.2. The van der Waals surface area contributed by atoms with Crippen LogP contribution in [-0.2, 0) is 12.8 Å². The van der Waals surface area contributed by atoms with E-state index >= 15 is 0 Å². The topological polar surface area (TPSA) is 30.0 Å². The molecule has 0 spiro atoms. The second-order valence-electron chi connectivity index (χ2n) is 4.92. The number of pyridine rings is 1. The van der Waals surface area contributed by atoms with Gasteiger partial charge < -0.3 is 0 Å². The second kappa shape index (κ2) is 5.14. The van der Waals surface area contributed by atoms with Crippen LogP contribution in [-0.4, -0.2) is 10.8 Å². The summed E-state index contributed by atoms with van der Waals surface area (Å²) in [6.45, 7) is 0. The molecule has 0 aliphatic heterocycles. The molecule has 0 radical (unpaired) electrons. The predicted molar refractivity (Wildman–Crippen MR) is 75.5 cm³/mol. The van der Waals surface area contributed by atoms with Gasteiger partial charge in [0.1, 0.15) is 5.15 Å². The van der Waals surface area contributed by atoms with Crippen molar-refractivity contribution < 1.29 is 4.79 Å². The van der Waals surface area contributed by atoms with Crippen molar-refractivity contribution in [2.24, 2.45) is 5.92 Å². The van der Waals surface area contributed by atoms with E-state index in [1.54, 1.807) is 6.07 Å². The van der Waals surface area contributed by atoms with E-state index < -0.39 is 0 Å². The van der Waals surface area contributed by atoms with E-state index in [9.17, 15) is 4.79 Å². The molecule has 0 fully saturated rings. The maximum Gasteiger partial charge on any atom is 0.168 e. The maximum absolute atomic E-state index is 12.4. The number of rotatable bonds is 2. The summed E-state index contributed by atoms with van der Waals surface area (Å²) in [4.78, 5) is 16.7. The van der Waals surface area contributed by atoms with Crippen LogP contribution in [0, 0.1) is 5.92 Å². The van der Waals surface area contributed by atoms with Gasteiger partial charge in [-0.3, -0.25) is 4.79 Å². The number of carbonyl (C=O) groups is 1. The van der Waals surface area contributed by atoms with Crippen molar-refractivity contribution in [3.8, 4) is 0 Å². The lowest BCUT2D eigenvalue weighted by Gasteiger charge is -2.22. The molecule has 0 N–H and O–H groups in total. The highest BCUT2D eigenvalue weighted by molar-refractivity contribution is 6.29. The van der Waals surface area contributed by atoms with Gasteiger partial charge in [-0.15, -0.1) is 0 Å². The van der Waals surface area contributed by atoms with Crippen molar-refractivity contribution in [2.75, 3.05) is 0 Å². The van der Waals surface area contributed by atoms with E-state index in [0.717, 1.165) is 30.5 Å². The SMILES string of the molecule is O=C1c2ccc(Cl)nc2CCC1Cc1ccccc1. The van der Waals surface area contributed by atoms with Gasteiger partial charge in [0.05, 0.1) is 5.69 Å². The maximum atomic E-state index is 12.4. The summed E-state index contributed by atoms with van der Waals surface area (Å²) >= 11 is 5.87. The number of Topliss-reactive ketones (excluding diaryl/α,β-unsaturated/α-hetero) is 1. The lowest BCUT2D eigenvalue weighted by molar-refractivity contribution is 0.0900. The van der Waals surface area contributed by atoms with Crippen LogP contribution in [0.2, 0.25) is 5.15 Å². The molecule has 1 unspecified atom stereocenters. The Hall–Kier alpha value is -1.67. The number of aryl methyl sites for hydroxylation is 1. The minimum absolute atomic E-state index is 0.0675. The zero-order valence-electron chi connectivity index (χ0n) is 10.5. The number of halogens is 1. The van der Waals surface area contributed by atoms with Gasteiger partial charge in [0.15, 0.2) is 5.78 Å². The summed E-state index contributed by atoms with van der Waals surface area (Å²) < 4.78 is 0. The molecule has 0 saturated heterocycles. The van der Waals surface area contributed by atoms with Gasteiger partial charge in [0, 0.05) is 11.5 Å². The molecule has 2 nitrogen and oxygen atoms in total. The number of nitrogens with zero attached hydrogens (tertiary/aromatic N) is 1. The van der Waals surface area contributed by atoms with Gasteiger partial charge in [-0.1, -0.05) is 41.9 Å². The summed E-state index contributed by atoms with van der Waals surface area (Å²) in [5.74, 6) is 0.271. The molecule has 0 saturated carbocycles. The quantitative estimate of drug-likeness (QED) is 0.779. The average molecular weight is 272 g/mol. The second-order valence-corrected chi connectivity index (χ2v) is 5.31. The summed E-state index contributed by atoms with van der Waals surface area (Å²) in [7, 11) is 0. The Morgan fingerprint density at radius 1 is 1.16 bits per heavy atom. The minimum Gasteiger partial charge on any atom is -0.294 e. The van der Waals surface area contributed by atoms with E-state index in [1.807, 2.05) is 24.3 Å². The molecule has 19 heavy (non-hydrogen) atoms. The van der Waals surface area contributed by atoms with E-state index in [2.05, 4.69) is 17.1 Å². The van der Waals surface area contributed by atoms with Crippen LogP contribution in [0.25, 0.3) is 0 Å². The summed E-state index contributed by atoms with van der Waals surface area (Å²) in [6.07, 6.45) is 2.49. The number of fused-ring (bicyclic) bond motifs is 1. The van der Waals surface area contributed by atoms with Crippen LogP contribution in [0.1, 0.15) is 28.0 Å². The monoisotopic (exact) mass is 271 g/mol. The molecule has 2 aromatic rings. The number of hydrogen-bond donors (Lipinski definition) is 0. The van der Waals surface area contributed by atoms with Gasteiger partial charge in [-0.05, 0) is 37.0 Å². The first-order valence-electron chi connectivity index (χ1n) is 6.47. The van der Waals surface area contributed by atoms with Crippen molar-refractivity contribution >= 4 is 17.4 Å². The van der Waals surface area contributed by atoms with E-state index in [1.165, 1.54) is 5.56 Å². The summed E-state index contributed by atoms with van der Waals surface area (Å²) in [5.41, 5.74) is 2.81. The lowest BCUT2D eigenvalue weighted by atomic mass is 9.82. The van der Waals surface area contributed by atoms with Crippen molar-refractivity contribution in [3.05, 3.63) is 64.4 Å². The van der Waals surface area contributed by atoms with Crippen molar-refractivity contribution in [1.29, 1.82) is 0 Å². The summed E-state index contributed by atoms with van der Waals surface area (Å²) in [5, 5.41) is 0.466. The molecule has 0 bridgehead atoms. The van der Waals surface area contributed by atoms with Gasteiger partial charge >= 0.3 is 0 Å². The van der Waals surface area contributed by atoms with Crippen LogP contribution in [0.5, 0.6) is 0 Å². The molecule has 1 aromatic carbocycles. The standard InChI is InChI=1S/C16H14ClNO/c17-15-9-7-13-14(18-15)8-6-12(16(13)19)10-11-4-2-1-3-5-11/h1-5,7,9,12H,6,8,10H2. The van der Waals surface area contributed by atoms with Crippen LogP contribution in [0.4, 0.5) is 0 Å². The molecule has 0 amide bonds. The first-order valence-corrected chi connectivity index (χ1v) is 6.85. The smallest absolute Gasteiger partial charge is 0.168 e. The number of hydrogen-bond acceptors (Lipinski definition) is 2. The van der Waals surface area contributed by atoms with Crippen molar-refractivity contribution in [1.82, 2.24) is 4.98 Å². The number of carbonyl (C=O) groups excluding carboxylic acids is 1. The minimum atomic E-state index is 0.0675. The third kappa shape index (κ3) is 2.54. The van der Waals surface area contributed by atoms with Crippen LogP contribution in [0.15, 0.2) is 42.5 Å². The van der Waals surface area contributed by atoms with Gasteiger partial charge in [-0.2, -0.15) is 0 Å². The van der Waals surface area contributed by atoms with E-state index in [-0.39, 0.29) is 11.7 Å². The molecule has 1 aromatic heterocycles. The Kier molecular flexibility index (Phi) is 3.34. The van der Waals surface area contributed by atoms with Gasteiger partial charge in [-0.25, -0.2) is 4.98 Å². The average Bonchev–Trinajstić information content (AvgIpc) is 2.43. The zero-order valence-corrected chi connectivity index (χ0v) is 11.2. The Morgan fingerprint density at radius 3 is 2.74 bits per heavy atom. The van der Waals surface area contributed by atoms with E-state index in [0.29, 0.717) is 5.15 Å². The van der Waals surface area contributed by atoms with Crippen LogP contribution >= 0.6 is 11.6 Å². The molecule has 1 aliphatic carbocycles. The Bertz CT molecular complexity index is 609. The van der Waals surface area contributed by atoms with Gasteiger partial charge in [0.2, 0.25) is 0 Å². The molecular weight excluding hydrogens is 258 g/mol. The highest BCUT2D eigenvalue weighted by Gasteiger charge is 2.28. The largest absolute Gasteiger partial charge is 0.294 e. The molecule has 3 rings (SSSR count). The third-order valence-electron chi connectivity index (χ3n) is 3.63. The molecule has 1 atom stereocenters. The fourth-order valence-corrected chi connectivity index (χ4v) is 2.81. The number of aromatic nitrogens is 1. The van der Waals surface area contributed by atoms with E-state index in [4.69, 9.17) is 11.6 Å². The molecule has 1 heterocycles. The Morgan fingerprint density at radius 2 is 1.95 bits per heavy atom. The Labute approximate surface area is 117 Å². The normalized spacial score (nSPS) is 18.2. The lowest BCUT2D eigenvalue weighted by Crippen LogP contribution is -2.25. The highest BCUT2D eigenvalue weighted by Crippen LogP contribution is 2.27. The number of benzene rings is 1.